The van der Waals surface area contributed by atoms with Crippen LogP contribution in [0.25, 0.3) is 0 Å². The number of aliphatic hydroxyl groups excluding tert-OH is 1. The molecule has 3 N–H and O–H groups in total. The SMILES string of the molecule is NCc1ccc(C(O)C(F)(F)F)cc1Cl. The van der Waals surface area contributed by atoms with E-state index in [1.54, 1.807) is 0 Å². The van der Waals surface area contributed by atoms with E-state index in [1.165, 1.54) is 6.07 Å². The van der Waals surface area contributed by atoms with E-state index >= 15 is 0 Å². The number of nitrogens with two attached hydrogens (primary N) is 1. The van der Waals surface area contributed by atoms with Crippen LogP contribution in [0.2, 0.25) is 5.02 Å². The molecule has 15 heavy (non-hydrogen) atoms. The van der Waals surface area contributed by atoms with Gasteiger partial charge in [0.25, 0.3) is 0 Å². The van der Waals surface area contributed by atoms with Crippen molar-refractivity contribution in [3.05, 3.63) is 34.3 Å². The van der Waals surface area contributed by atoms with Crippen LogP contribution in [0.3, 0.4) is 0 Å². The lowest BCUT2D eigenvalue weighted by molar-refractivity contribution is -0.206. The average molecular weight is 240 g/mol. The second-order valence-corrected chi connectivity index (χ2v) is 3.41. The van der Waals surface area contributed by atoms with Crippen LogP contribution < -0.4 is 5.73 Å². The van der Waals surface area contributed by atoms with Gasteiger partial charge in [0.15, 0.2) is 6.10 Å². The molecule has 1 unspecified atom stereocenters. The zero-order chi connectivity index (χ0) is 11.6. The lowest BCUT2D eigenvalue weighted by Crippen LogP contribution is -2.20. The molecule has 2 nitrogen and oxygen atoms in total. The Kier molecular flexibility index (Phi) is 3.59. The van der Waals surface area contributed by atoms with Gasteiger partial charge >= 0.3 is 6.18 Å². The van der Waals surface area contributed by atoms with Gasteiger partial charge in [0.1, 0.15) is 0 Å². The van der Waals surface area contributed by atoms with Gasteiger partial charge in [-0.15, -0.1) is 0 Å². The van der Waals surface area contributed by atoms with Gasteiger partial charge in [0.05, 0.1) is 0 Å². The highest BCUT2D eigenvalue weighted by molar-refractivity contribution is 6.31. The molecule has 1 rings (SSSR count). The number of halogens is 4. The third-order valence-electron chi connectivity index (χ3n) is 1.92. The second kappa shape index (κ2) is 4.38. The minimum absolute atomic E-state index is 0.123. The maximum atomic E-state index is 12.1. The molecule has 0 fully saturated rings. The van der Waals surface area contributed by atoms with Crippen molar-refractivity contribution in [1.29, 1.82) is 0 Å². The third kappa shape index (κ3) is 2.84. The molecule has 0 spiro atoms. The number of aliphatic hydroxyl groups is 1. The molecule has 1 atom stereocenters. The van der Waals surface area contributed by atoms with Gasteiger partial charge in [-0.1, -0.05) is 23.7 Å². The molecule has 6 heteroatoms. The number of alkyl halides is 3. The summed E-state index contributed by atoms with van der Waals surface area (Å²) < 4.78 is 36.4. The Balaban J connectivity index is 3.02. The Morgan fingerprint density at radius 3 is 2.40 bits per heavy atom. The first kappa shape index (κ1) is 12.3. The summed E-state index contributed by atoms with van der Waals surface area (Å²) in [6.45, 7) is 0.140. The molecular weight excluding hydrogens is 231 g/mol. The largest absolute Gasteiger partial charge is 0.418 e. The van der Waals surface area contributed by atoms with E-state index in [0.29, 0.717) is 5.56 Å². The molecule has 0 saturated carbocycles. The number of hydrogen-bond acceptors (Lipinski definition) is 2. The first-order valence-electron chi connectivity index (χ1n) is 4.09. The highest BCUT2D eigenvalue weighted by atomic mass is 35.5. The summed E-state index contributed by atoms with van der Waals surface area (Å²) in [5.41, 5.74) is 5.54. The van der Waals surface area contributed by atoms with Gasteiger partial charge in [0, 0.05) is 11.6 Å². The van der Waals surface area contributed by atoms with Gasteiger partial charge in [-0.25, -0.2) is 0 Å². The Morgan fingerprint density at radius 2 is 2.00 bits per heavy atom. The van der Waals surface area contributed by atoms with Gasteiger partial charge < -0.3 is 10.8 Å². The van der Waals surface area contributed by atoms with Crippen LogP contribution in [0, 0.1) is 0 Å². The summed E-state index contributed by atoms with van der Waals surface area (Å²) in [5.74, 6) is 0. The lowest BCUT2D eigenvalue weighted by atomic mass is 10.1. The molecular formula is C9H9ClF3NO. The van der Waals surface area contributed by atoms with E-state index in [2.05, 4.69) is 0 Å². The molecule has 0 amide bonds. The summed E-state index contributed by atoms with van der Waals surface area (Å²) in [7, 11) is 0. The number of rotatable bonds is 2. The van der Waals surface area contributed by atoms with Crippen LogP contribution >= 0.6 is 11.6 Å². The maximum absolute atomic E-state index is 12.1. The fraction of sp³-hybridized carbons (Fsp3) is 0.333. The topological polar surface area (TPSA) is 46.2 Å². The van der Waals surface area contributed by atoms with Gasteiger partial charge in [-0.2, -0.15) is 13.2 Å². The van der Waals surface area contributed by atoms with Crippen LogP contribution in [-0.2, 0) is 6.54 Å². The average Bonchev–Trinajstić information content (AvgIpc) is 2.15. The van der Waals surface area contributed by atoms with Crippen molar-refractivity contribution in [2.45, 2.75) is 18.8 Å². The molecule has 0 aliphatic heterocycles. The Hall–Kier alpha value is -0.780. The predicted octanol–water partition coefficient (Wildman–Crippen LogP) is 2.39. The summed E-state index contributed by atoms with van der Waals surface area (Å²) in [6.07, 6.45) is -7.20. The summed E-state index contributed by atoms with van der Waals surface area (Å²) in [4.78, 5) is 0. The first-order valence-corrected chi connectivity index (χ1v) is 4.47. The molecule has 0 radical (unpaired) electrons. The fourth-order valence-electron chi connectivity index (χ4n) is 1.09. The van der Waals surface area contributed by atoms with Crippen molar-refractivity contribution in [1.82, 2.24) is 0 Å². The zero-order valence-electron chi connectivity index (χ0n) is 7.55. The lowest BCUT2D eigenvalue weighted by Gasteiger charge is -2.15. The van der Waals surface area contributed by atoms with Crippen LogP contribution in [0.5, 0.6) is 0 Å². The van der Waals surface area contributed by atoms with E-state index in [-0.39, 0.29) is 17.1 Å². The minimum atomic E-state index is -4.69. The highest BCUT2D eigenvalue weighted by Crippen LogP contribution is 2.33. The number of benzene rings is 1. The molecule has 1 aromatic carbocycles. The van der Waals surface area contributed by atoms with Crippen molar-refractivity contribution >= 4 is 11.6 Å². The Labute approximate surface area is 89.5 Å². The van der Waals surface area contributed by atoms with Gasteiger partial charge in [0.2, 0.25) is 0 Å². The van der Waals surface area contributed by atoms with Crippen molar-refractivity contribution < 1.29 is 18.3 Å². The Bertz CT molecular complexity index is 354. The van der Waals surface area contributed by atoms with Crippen molar-refractivity contribution in [3.8, 4) is 0 Å². The van der Waals surface area contributed by atoms with Crippen LogP contribution in [-0.4, -0.2) is 11.3 Å². The summed E-state index contributed by atoms with van der Waals surface area (Å²) in [5, 5.41) is 9.05. The molecule has 0 aliphatic carbocycles. The maximum Gasteiger partial charge on any atom is 0.418 e. The molecule has 0 saturated heterocycles. The van der Waals surface area contributed by atoms with Gasteiger partial charge in [-0.05, 0) is 17.2 Å². The van der Waals surface area contributed by atoms with E-state index < -0.39 is 12.3 Å². The standard InChI is InChI=1S/C9H9ClF3NO/c10-7-3-5(1-2-6(7)4-14)8(15)9(11,12)13/h1-3,8,15H,4,14H2. The smallest absolute Gasteiger partial charge is 0.379 e. The molecule has 0 heterocycles. The Morgan fingerprint density at radius 1 is 1.40 bits per heavy atom. The summed E-state index contributed by atoms with van der Waals surface area (Å²) in [6, 6.07) is 3.60. The monoisotopic (exact) mass is 239 g/mol. The molecule has 1 aromatic rings. The highest BCUT2D eigenvalue weighted by Gasteiger charge is 2.39. The van der Waals surface area contributed by atoms with Gasteiger partial charge in [-0.3, -0.25) is 0 Å². The quantitative estimate of drug-likeness (QED) is 0.833. The van der Waals surface area contributed by atoms with Crippen molar-refractivity contribution in [2.24, 2.45) is 5.73 Å². The molecule has 84 valence electrons. The zero-order valence-corrected chi connectivity index (χ0v) is 8.31. The van der Waals surface area contributed by atoms with E-state index in [1.807, 2.05) is 0 Å². The molecule has 0 aliphatic rings. The van der Waals surface area contributed by atoms with Crippen molar-refractivity contribution in [2.75, 3.05) is 0 Å². The van der Waals surface area contributed by atoms with E-state index in [0.717, 1.165) is 12.1 Å². The van der Waals surface area contributed by atoms with Crippen LogP contribution in [0.4, 0.5) is 13.2 Å². The summed E-state index contributed by atoms with van der Waals surface area (Å²) >= 11 is 5.67. The molecule has 0 aromatic heterocycles. The third-order valence-corrected chi connectivity index (χ3v) is 2.27. The van der Waals surface area contributed by atoms with Crippen molar-refractivity contribution in [3.63, 3.8) is 0 Å². The molecule has 0 bridgehead atoms. The van der Waals surface area contributed by atoms with Crippen LogP contribution in [0.15, 0.2) is 18.2 Å². The predicted molar refractivity (Wildman–Crippen MR) is 50.4 cm³/mol. The van der Waals surface area contributed by atoms with E-state index in [4.69, 9.17) is 22.4 Å². The number of hydrogen-bond donors (Lipinski definition) is 2. The second-order valence-electron chi connectivity index (χ2n) is 3.00. The normalized spacial score (nSPS) is 14.0. The minimum Gasteiger partial charge on any atom is -0.379 e. The fourth-order valence-corrected chi connectivity index (χ4v) is 1.35. The van der Waals surface area contributed by atoms with E-state index in [9.17, 15) is 13.2 Å². The van der Waals surface area contributed by atoms with Crippen LogP contribution in [0.1, 0.15) is 17.2 Å². The first-order chi connectivity index (χ1) is 6.86.